The van der Waals surface area contributed by atoms with Gasteiger partial charge in [0.1, 0.15) is 5.75 Å². The normalized spacial score (nSPS) is 26.8. The SMILES string of the molecule is COc1ccccc1C1CCN(C2(C)CCCc3c2ccc2c3OCO2)C1. The molecule has 0 spiro atoms. The largest absolute Gasteiger partial charge is 0.496 e. The fourth-order valence-electron chi connectivity index (χ4n) is 5.32. The highest BCUT2D eigenvalue weighted by Crippen LogP contribution is 2.49. The molecule has 0 amide bonds. The van der Waals surface area contributed by atoms with Gasteiger partial charge in [-0.3, -0.25) is 4.90 Å². The Hall–Kier alpha value is -2.20. The van der Waals surface area contributed by atoms with Crippen molar-refractivity contribution < 1.29 is 14.2 Å². The highest BCUT2D eigenvalue weighted by atomic mass is 16.7. The molecule has 142 valence electrons. The predicted octanol–water partition coefficient (Wildman–Crippen LogP) is 4.46. The standard InChI is InChI=1S/C23H27NO3/c1-23(12-5-7-18-19(23)9-10-21-22(18)27-15-26-21)24-13-11-16(14-24)17-6-3-4-8-20(17)25-2/h3-4,6,8-10,16H,5,7,11-15H2,1-2H3. The summed E-state index contributed by atoms with van der Waals surface area (Å²) in [5, 5.41) is 0. The molecule has 2 unspecified atom stereocenters. The average molecular weight is 365 g/mol. The topological polar surface area (TPSA) is 30.9 Å². The molecule has 5 rings (SSSR count). The maximum absolute atomic E-state index is 5.82. The minimum absolute atomic E-state index is 0.0608. The smallest absolute Gasteiger partial charge is 0.231 e. The van der Waals surface area contributed by atoms with Crippen molar-refractivity contribution in [3.05, 3.63) is 53.1 Å². The van der Waals surface area contributed by atoms with Crippen LogP contribution in [0.25, 0.3) is 0 Å². The summed E-state index contributed by atoms with van der Waals surface area (Å²) >= 11 is 0. The van der Waals surface area contributed by atoms with E-state index in [4.69, 9.17) is 14.2 Å². The number of para-hydroxylation sites is 1. The summed E-state index contributed by atoms with van der Waals surface area (Å²) in [5.74, 6) is 3.43. The molecule has 4 heteroatoms. The van der Waals surface area contributed by atoms with Gasteiger partial charge in [0, 0.05) is 23.6 Å². The summed E-state index contributed by atoms with van der Waals surface area (Å²) in [4.78, 5) is 2.68. The van der Waals surface area contributed by atoms with Crippen LogP contribution >= 0.6 is 0 Å². The first-order valence-corrected chi connectivity index (χ1v) is 10.0. The van der Waals surface area contributed by atoms with Crippen molar-refractivity contribution in [1.82, 2.24) is 4.90 Å². The number of fused-ring (bicyclic) bond motifs is 3. The molecule has 2 atom stereocenters. The number of hydrogen-bond acceptors (Lipinski definition) is 4. The maximum Gasteiger partial charge on any atom is 0.231 e. The zero-order chi connectivity index (χ0) is 18.4. The van der Waals surface area contributed by atoms with Crippen LogP contribution in [0.1, 0.15) is 48.8 Å². The fourth-order valence-corrected chi connectivity index (χ4v) is 5.32. The minimum atomic E-state index is 0.0608. The lowest BCUT2D eigenvalue weighted by atomic mass is 9.76. The summed E-state index contributed by atoms with van der Waals surface area (Å²) < 4.78 is 17.0. The molecular formula is C23H27NO3. The van der Waals surface area contributed by atoms with E-state index in [1.54, 1.807) is 7.11 Å². The maximum atomic E-state index is 5.82. The van der Waals surface area contributed by atoms with Gasteiger partial charge in [0.15, 0.2) is 11.5 Å². The van der Waals surface area contributed by atoms with Crippen molar-refractivity contribution in [2.45, 2.75) is 44.1 Å². The lowest BCUT2D eigenvalue weighted by Crippen LogP contribution is -2.44. The molecule has 0 radical (unpaired) electrons. The van der Waals surface area contributed by atoms with Crippen LogP contribution in [0, 0.1) is 0 Å². The predicted molar refractivity (Wildman–Crippen MR) is 105 cm³/mol. The molecule has 2 aromatic rings. The molecule has 2 aromatic carbocycles. The molecule has 1 aliphatic carbocycles. The van der Waals surface area contributed by atoms with Gasteiger partial charge in [-0.2, -0.15) is 0 Å². The molecule has 0 N–H and O–H groups in total. The second-order valence-electron chi connectivity index (χ2n) is 8.13. The van der Waals surface area contributed by atoms with E-state index in [1.165, 1.54) is 36.0 Å². The van der Waals surface area contributed by atoms with E-state index < -0.39 is 0 Å². The molecule has 0 bridgehead atoms. The lowest BCUT2D eigenvalue weighted by Gasteiger charge is -2.44. The van der Waals surface area contributed by atoms with Crippen molar-refractivity contribution in [3.8, 4) is 17.2 Å². The van der Waals surface area contributed by atoms with Crippen LogP contribution in [-0.4, -0.2) is 31.9 Å². The van der Waals surface area contributed by atoms with Crippen molar-refractivity contribution in [1.29, 1.82) is 0 Å². The Labute approximate surface area is 161 Å². The van der Waals surface area contributed by atoms with Crippen LogP contribution < -0.4 is 14.2 Å². The first-order valence-electron chi connectivity index (χ1n) is 10.0. The van der Waals surface area contributed by atoms with Crippen LogP contribution in [-0.2, 0) is 12.0 Å². The van der Waals surface area contributed by atoms with Crippen molar-refractivity contribution in [2.24, 2.45) is 0 Å². The van der Waals surface area contributed by atoms with E-state index in [0.717, 1.165) is 36.8 Å². The van der Waals surface area contributed by atoms with E-state index >= 15 is 0 Å². The summed E-state index contributed by atoms with van der Waals surface area (Å²) in [7, 11) is 1.77. The summed E-state index contributed by atoms with van der Waals surface area (Å²) in [6, 6.07) is 12.9. The fraction of sp³-hybridized carbons (Fsp3) is 0.478. The lowest BCUT2D eigenvalue weighted by molar-refractivity contribution is 0.110. The van der Waals surface area contributed by atoms with Crippen molar-refractivity contribution in [3.63, 3.8) is 0 Å². The van der Waals surface area contributed by atoms with Crippen LogP contribution in [0.2, 0.25) is 0 Å². The van der Waals surface area contributed by atoms with E-state index in [0.29, 0.717) is 12.7 Å². The molecule has 2 heterocycles. The van der Waals surface area contributed by atoms with Crippen molar-refractivity contribution >= 4 is 0 Å². The van der Waals surface area contributed by atoms with Crippen LogP contribution in [0.4, 0.5) is 0 Å². The van der Waals surface area contributed by atoms with Crippen molar-refractivity contribution in [2.75, 3.05) is 27.0 Å². The number of hydrogen-bond donors (Lipinski definition) is 0. The molecule has 2 aliphatic heterocycles. The highest BCUT2D eigenvalue weighted by molar-refractivity contribution is 5.55. The van der Waals surface area contributed by atoms with Gasteiger partial charge in [-0.05, 0) is 62.4 Å². The number of likely N-dealkylation sites (tertiary alicyclic amines) is 1. The van der Waals surface area contributed by atoms with Gasteiger partial charge >= 0.3 is 0 Å². The summed E-state index contributed by atoms with van der Waals surface area (Å²) in [6.45, 7) is 4.96. The Kier molecular flexibility index (Phi) is 4.05. The Morgan fingerprint density at radius 1 is 1.15 bits per heavy atom. The number of methoxy groups -OCH3 is 1. The number of nitrogens with zero attached hydrogens (tertiary/aromatic N) is 1. The van der Waals surface area contributed by atoms with Gasteiger partial charge in [-0.15, -0.1) is 0 Å². The zero-order valence-electron chi connectivity index (χ0n) is 16.2. The third-order valence-electron chi connectivity index (χ3n) is 6.78. The van der Waals surface area contributed by atoms with Gasteiger partial charge in [0.25, 0.3) is 0 Å². The monoisotopic (exact) mass is 365 g/mol. The summed E-state index contributed by atoms with van der Waals surface area (Å²) in [6.07, 6.45) is 4.65. The quantitative estimate of drug-likeness (QED) is 0.803. The zero-order valence-corrected chi connectivity index (χ0v) is 16.2. The molecule has 4 nitrogen and oxygen atoms in total. The van der Waals surface area contributed by atoms with Crippen LogP contribution in [0.3, 0.4) is 0 Å². The molecule has 27 heavy (non-hydrogen) atoms. The second kappa shape index (κ2) is 6.45. The minimum Gasteiger partial charge on any atom is -0.496 e. The number of ether oxygens (including phenoxy) is 3. The molecular weight excluding hydrogens is 338 g/mol. The molecule has 1 fully saturated rings. The third-order valence-corrected chi connectivity index (χ3v) is 6.78. The van der Waals surface area contributed by atoms with Gasteiger partial charge in [-0.1, -0.05) is 24.3 Å². The third kappa shape index (κ3) is 2.61. The highest BCUT2D eigenvalue weighted by Gasteiger charge is 2.43. The van der Waals surface area contributed by atoms with E-state index in [-0.39, 0.29) is 5.54 Å². The van der Waals surface area contributed by atoms with Gasteiger partial charge in [0.05, 0.1) is 7.11 Å². The molecule has 0 aromatic heterocycles. The Morgan fingerprint density at radius 3 is 2.93 bits per heavy atom. The first-order chi connectivity index (χ1) is 13.2. The van der Waals surface area contributed by atoms with Gasteiger partial charge < -0.3 is 14.2 Å². The second-order valence-corrected chi connectivity index (χ2v) is 8.13. The molecule has 0 saturated carbocycles. The van der Waals surface area contributed by atoms with Gasteiger partial charge in [0.2, 0.25) is 6.79 Å². The number of benzene rings is 2. The van der Waals surface area contributed by atoms with Crippen LogP contribution in [0.5, 0.6) is 17.2 Å². The van der Waals surface area contributed by atoms with Crippen LogP contribution in [0.15, 0.2) is 36.4 Å². The summed E-state index contributed by atoms with van der Waals surface area (Å²) in [5.41, 5.74) is 4.19. The van der Waals surface area contributed by atoms with E-state index in [9.17, 15) is 0 Å². The Morgan fingerprint density at radius 2 is 2.04 bits per heavy atom. The molecule has 3 aliphatic rings. The Balaban J connectivity index is 1.46. The molecule has 1 saturated heterocycles. The van der Waals surface area contributed by atoms with E-state index in [2.05, 4.69) is 48.2 Å². The van der Waals surface area contributed by atoms with E-state index in [1.807, 2.05) is 0 Å². The number of rotatable bonds is 3. The van der Waals surface area contributed by atoms with Gasteiger partial charge in [-0.25, -0.2) is 0 Å². The first kappa shape index (κ1) is 16.9. The Bertz CT molecular complexity index is 865. The average Bonchev–Trinajstić information content (AvgIpc) is 3.38.